The third kappa shape index (κ3) is 2.86. The molecule has 1 aromatic rings. The molecule has 2 rings (SSSR count). The summed E-state index contributed by atoms with van der Waals surface area (Å²) < 4.78 is 0. The topological polar surface area (TPSA) is 63.4 Å². The highest BCUT2D eigenvalue weighted by atomic mass is 16.2. The molecule has 0 aromatic heterocycles. The van der Waals surface area contributed by atoms with E-state index in [1.54, 1.807) is 6.07 Å². The number of nitrogens with zero attached hydrogens (tertiary/aromatic N) is 1. The van der Waals surface area contributed by atoms with Gasteiger partial charge in [-0.25, -0.2) is 0 Å². The first-order valence-corrected chi connectivity index (χ1v) is 7.72. The molecule has 0 spiro atoms. The molecule has 1 heterocycles. The van der Waals surface area contributed by atoms with E-state index in [-0.39, 0.29) is 30.2 Å². The second-order valence-corrected chi connectivity index (χ2v) is 5.75. The summed E-state index contributed by atoms with van der Waals surface area (Å²) in [7, 11) is 0. The van der Waals surface area contributed by atoms with Crippen molar-refractivity contribution < 1.29 is 9.59 Å². The average Bonchev–Trinajstić information content (AvgIpc) is 2.82. The van der Waals surface area contributed by atoms with Crippen LogP contribution in [0, 0.1) is 5.92 Å². The van der Waals surface area contributed by atoms with Gasteiger partial charge >= 0.3 is 0 Å². The van der Waals surface area contributed by atoms with E-state index in [4.69, 9.17) is 5.73 Å². The molecular formula is C17H24N2O2. The number of benzene rings is 1. The van der Waals surface area contributed by atoms with Gasteiger partial charge in [-0.1, -0.05) is 13.8 Å². The summed E-state index contributed by atoms with van der Waals surface area (Å²) in [4.78, 5) is 26.3. The van der Waals surface area contributed by atoms with Crippen LogP contribution in [-0.4, -0.2) is 24.3 Å². The van der Waals surface area contributed by atoms with Crippen LogP contribution < -0.4 is 10.6 Å². The fourth-order valence-corrected chi connectivity index (χ4v) is 3.09. The van der Waals surface area contributed by atoms with Crippen molar-refractivity contribution in [2.24, 2.45) is 11.7 Å². The van der Waals surface area contributed by atoms with Crippen molar-refractivity contribution in [3.63, 3.8) is 0 Å². The maximum Gasteiger partial charge on any atom is 0.230 e. The summed E-state index contributed by atoms with van der Waals surface area (Å²) >= 11 is 0. The molecule has 0 saturated heterocycles. The Balaban J connectivity index is 2.33. The lowest BCUT2D eigenvalue weighted by Crippen LogP contribution is -2.39. The number of nitrogens with two attached hydrogens (primary N) is 1. The Hall–Kier alpha value is -1.68. The number of anilines is 1. The predicted octanol–water partition coefficient (Wildman–Crippen LogP) is 2.54. The number of Topliss-reactive ketones (excluding diaryl/α,β-unsaturated/α-hetero) is 1. The quantitative estimate of drug-likeness (QED) is 0.847. The predicted molar refractivity (Wildman–Crippen MR) is 84.6 cm³/mol. The Morgan fingerprint density at radius 3 is 2.57 bits per heavy atom. The Bertz CT molecular complexity index is 550. The van der Waals surface area contributed by atoms with Gasteiger partial charge < -0.3 is 10.6 Å². The molecule has 1 aliphatic rings. The van der Waals surface area contributed by atoms with E-state index in [0.29, 0.717) is 5.56 Å². The second kappa shape index (κ2) is 6.39. The van der Waals surface area contributed by atoms with Gasteiger partial charge in [0.05, 0.1) is 6.54 Å². The minimum Gasteiger partial charge on any atom is -0.324 e. The maximum atomic E-state index is 12.7. The first kappa shape index (κ1) is 15.7. The van der Waals surface area contributed by atoms with Gasteiger partial charge in [0.15, 0.2) is 5.78 Å². The lowest BCUT2D eigenvalue weighted by molar-refractivity contribution is -0.122. The summed E-state index contributed by atoms with van der Waals surface area (Å²) in [6, 6.07) is 5.71. The van der Waals surface area contributed by atoms with Crippen LogP contribution in [0.2, 0.25) is 0 Å². The minimum absolute atomic E-state index is 0.0186. The van der Waals surface area contributed by atoms with Crippen molar-refractivity contribution in [1.82, 2.24) is 0 Å². The number of carbonyl (C=O) groups excluding carboxylic acids is 2. The normalized spacial score (nSPS) is 17.2. The van der Waals surface area contributed by atoms with Crippen LogP contribution in [0.1, 0.15) is 49.5 Å². The molecule has 21 heavy (non-hydrogen) atoms. The van der Waals surface area contributed by atoms with Crippen LogP contribution in [-0.2, 0) is 11.2 Å². The lowest BCUT2D eigenvalue weighted by atomic mass is 10.0. The third-order valence-corrected chi connectivity index (χ3v) is 4.37. The Kier molecular flexibility index (Phi) is 4.78. The molecule has 0 aliphatic carbocycles. The fourth-order valence-electron chi connectivity index (χ4n) is 3.09. The van der Waals surface area contributed by atoms with E-state index in [2.05, 4.69) is 20.8 Å². The van der Waals surface area contributed by atoms with Crippen molar-refractivity contribution in [1.29, 1.82) is 0 Å². The van der Waals surface area contributed by atoms with Crippen LogP contribution in [0.4, 0.5) is 5.69 Å². The number of rotatable bonds is 5. The van der Waals surface area contributed by atoms with Crippen molar-refractivity contribution in [3.8, 4) is 0 Å². The Morgan fingerprint density at radius 2 is 2.00 bits per heavy atom. The molecule has 1 atom stereocenters. The van der Waals surface area contributed by atoms with E-state index in [9.17, 15) is 9.59 Å². The van der Waals surface area contributed by atoms with Gasteiger partial charge in [0.25, 0.3) is 0 Å². The molecule has 0 radical (unpaired) electrons. The Morgan fingerprint density at radius 1 is 1.33 bits per heavy atom. The first-order valence-electron chi connectivity index (χ1n) is 7.72. The first-order chi connectivity index (χ1) is 10.0. The van der Waals surface area contributed by atoms with E-state index < -0.39 is 0 Å². The molecule has 0 fully saturated rings. The molecular weight excluding hydrogens is 264 g/mol. The molecule has 4 nitrogen and oxygen atoms in total. The van der Waals surface area contributed by atoms with Crippen LogP contribution in [0.3, 0.4) is 0 Å². The number of amides is 1. The molecule has 1 unspecified atom stereocenters. The van der Waals surface area contributed by atoms with Crippen LogP contribution in [0.15, 0.2) is 18.2 Å². The molecule has 4 heteroatoms. The van der Waals surface area contributed by atoms with E-state index in [1.807, 2.05) is 17.0 Å². The van der Waals surface area contributed by atoms with Crippen molar-refractivity contribution >= 4 is 17.4 Å². The van der Waals surface area contributed by atoms with Gasteiger partial charge in [-0.2, -0.15) is 0 Å². The van der Waals surface area contributed by atoms with Gasteiger partial charge in [-0.15, -0.1) is 0 Å². The zero-order valence-corrected chi connectivity index (χ0v) is 13.1. The molecule has 2 N–H and O–H groups in total. The number of hydrogen-bond donors (Lipinski definition) is 1. The fraction of sp³-hybridized carbons (Fsp3) is 0.529. The van der Waals surface area contributed by atoms with Gasteiger partial charge in [0.1, 0.15) is 0 Å². The standard InChI is InChI=1S/C17H24N2O2/c1-4-12(5-2)17(21)19-11(3)8-14-9-13(16(20)10-18)6-7-15(14)19/h6-7,9,11-12H,4-5,8,10,18H2,1-3H3. The van der Waals surface area contributed by atoms with Crippen molar-refractivity contribution in [3.05, 3.63) is 29.3 Å². The van der Waals surface area contributed by atoms with Gasteiger partial charge in [-0.05, 0) is 49.9 Å². The Labute approximate surface area is 126 Å². The molecule has 1 aliphatic heterocycles. The highest BCUT2D eigenvalue weighted by molar-refractivity contribution is 6.01. The summed E-state index contributed by atoms with van der Waals surface area (Å²) in [5, 5.41) is 0. The van der Waals surface area contributed by atoms with E-state index in [1.165, 1.54) is 0 Å². The second-order valence-electron chi connectivity index (χ2n) is 5.75. The van der Waals surface area contributed by atoms with Crippen LogP contribution >= 0.6 is 0 Å². The number of hydrogen-bond acceptors (Lipinski definition) is 3. The summed E-state index contributed by atoms with van der Waals surface area (Å²) in [6.07, 6.45) is 2.52. The monoisotopic (exact) mass is 288 g/mol. The molecule has 114 valence electrons. The zero-order chi connectivity index (χ0) is 15.6. The summed E-state index contributed by atoms with van der Waals surface area (Å²) in [5.74, 6) is 0.211. The average molecular weight is 288 g/mol. The number of carbonyl (C=O) groups is 2. The highest BCUT2D eigenvalue weighted by Gasteiger charge is 2.33. The van der Waals surface area contributed by atoms with E-state index >= 15 is 0 Å². The van der Waals surface area contributed by atoms with Crippen LogP contribution in [0.5, 0.6) is 0 Å². The summed E-state index contributed by atoms with van der Waals surface area (Å²) in [5.41, 5.74) is 8.08. The molecule has 1 aromatic carbocycles. The largest absolute Gasteiger partial charge is 0.324 e. The van der Waals surface area contributed by atoms with E-state index in [0.717, 1.165) is 30.5 Å². The number of fused-ring (bicyclic) bond motifs is 1. The SMILES string of the molecule is CCC(CC)C(=O)N1c2ccc(C(=O)CN)cc2CC1C. The smallest absolute Gasteiger partial charge is 0.230 e. The number of ketones is 1. The van der Waals surface area contributed by atoms with Gasteiger partial charge in [0, 0.05) is 23.2 Å². The third-order valence-electron chi connectivity index (χ3n) is 4.37. The van der Waals surface area contributed by atoms with Crippen molar-refractivity contribution in [2.75, 3.05) is 11.4 Å². The van der Waals surface area contributed by atoms with Crippen molar-refractivity contribution in [2.45, 2.75) is 46.1 Å². The molecule has 0 saturated carbocycles. The van der Waals surface area contributed by atoms with Crippen LogP contribution in [0.25, 0.3) is 0 Å². The molecule has 0 bridgehead atoms. The minimum atomic E-state index is -0.0600. The lowest BCUT2D eigenvalue weighted by Gasteiger charge is -2.26. The summed E-state index contributed by atoms with van der Waals surface area (Å²) in [6.45, 7) is 6.18. The maximum absolute atomic E-state index is 12.7. The van der Waals surface area contributed by atoms with Gasteiger partial charge in [0.2, 0.25) is 5.91 Å². The van der Waals surface area contributed by atoms with Gasteiger partial charge in [-0.3, -0.25) is 9.59 Å². The molecule has 1 amide bonds. The highest BCUT2D eigenvalue weighted by Crippen LogP contribution is 2.34. The zero-order valence-electron chi connectivity index (χ0n) is 13.1.